The Kier molecular flexibility index (Phi) is 28.4. The van der Waals surface area contributed by atoms with Gasteiger partial charge >= 0.3 is 19.5 Å². The Morgan fingerprint density at radius 2 is 1.44 bits per heavy atom. The first-order valence-electron chi connectivity index (χ1n) is 1.81. The molecule has 0 saturated heterocycles. The van der Waals surface area contributed by atoms with Crippen LogP contribution in [0.3, 0.4) is 0 Å². The molecule has 48 valence electrons. The molecule has 9 heavy (non-hydrogen) atoms. The van der Waals surface area contributed by atoms with Crippen LogP contribution in [0.25, 0.3) is 0 Å². The van der Waals surface area contributed by atoms with Crippen molar-refractivity contribution in [2.24, 2.45) is 5.73 Å². The van der Waals surface area contributed by atoms with Crippen LogP contribution in [0, 0.1) is 0 Å². The molecule has 0 unspecified atom stereocenters. The van der Waals surface area contributed by atoms with Crippen LogP contribution in [-0.4, -0.2) is 30.0 Å². The summed E-state index contributed by atoms with van der Waals surface area (Å²) in [6.45, 7) is 0. The van der Waals surface area contributed by atoms with Crippen molar-refractivity contribution in [1.82, 2.24) is 4.90 Å². The van der Waals surface area contributed by atoms with Gasteiger partial charge in [0.25, 0.3) is 0 Å². The number of rotatable bonds is 1. The molecule has 0 heterocycles. The summed E-state index contributed by atoms with van der Waals surface area (Å²) in [4.78, 5) is 1.69. The molecule has 0 saturated carbocycles. The molecule has 0 aromatic heterocycles. The first-order valence-corrected chi connectivity index (χ1v) is 2.63. The third-order valence-corrected chi connectivity index (χ3v) is 0.548. The summed E-state index contributed by atoms with van der Waals surface area (Å²) in [5.41, 5.74) is 8.69. The first-order chi connectivity index (χ1) is 3.68. The van der Waals surface area contributed by atoms with E-state index in [1.165, 1.54) is 0 Å². The molecule has 0 amide bonds. The van der Waals surface area contributed by atoms with Gasteiger partial charge in [-0.15, -0.1) is 0 Å². The number of hydrogen-bond acceptors (Lipinski definition) is 2. The fourth-order valence-corrected chi connectivity index (χ4v) is 0. The first kappa shape index (κ1) is 16.2. The van der Waals surface area contributed by atoms with E-state index < -0.39 is 0 Å². The quantitative estimate of drug-likeness (QED) is 0.291. The molecule has 0 rings (SSSR count). The van der Waals surface area contributed by atoms with Crippen LogP contribution in [0.15, 0.2) is 0 Å². The fourth-order valence-electron chi connectivity index (χ4n) is 0. The summed E-state index contributed by atoms with van der Waals surface area (Å²) in [7, 11) is 3.68. The zero-order chi connectivity index (χ0) is 6.99. The smallest absolute Gasteiger partial charge is 0.570 e. The number of thiocarbonyl (C=S) groups is 2. The van der Waals surface area contributed by atoms with Crippen LogP contribution >= 0.6 is 24.4 Å². The van der Waals surface area contributed by atoms with E-state index in [0.717, 1.165) is 0 Å². The Bertz CT molecular complexity index is 67.6. The molecule has 0 fully saturated rings. The van der Waals surface area contributed by atoms with Crippen molar-refractivity contribution < 1.29 is 19.5 Å². The van der Waals surface area contributed by atoms with Gasteiger partial charge in [-0.1, -0.05) is 0 Å². The topological polar surface area (TPSA) is 29.3 Å². The number of nitrogens with two attached hydrogens (primary N) is 1. The molecule has 0 aliphatic heterocycles. The number of nitrogens with zero attached hydrogens (tertiary/aromatic N) is 1. The monoisotopic (exact) mass is 212 g/mol. The van der Waals surface area contributed by atoms with Gasteiger partial charge in [0.05, 0.1) is 0 Å². The zero-order valence-corrected chi connectivity index (χ0v) is 10.1. The van der Waals surface area contributed by atoms with E-state index >= 15 is 0 Å². The third kappa shape index (κ3) is 59.7. The maximum atomic E-state index is 4.41. The summed E-state index contributed by atoms with van der Waals surface area (Å²) in [6.07, 6.45) is 0. The van der Waals surface area contributed by atoms with Crippen molar-refractivity contribution in [1.29, 1.82) is 0 Å². The minimum absolute atomic E-state index is 0. The Morgan fingerprint density at radius 1 is 1.33 bits per heavy atom. The molecule has 0 aromatic carbocycles. The van der Waals surface area contributed by atoms with Crippen LogP contribution in [0.2, 0.25) is 0 Å². The number of hydrogen-bond donors (Lipinski definition) is 1. The van der Waals surface area contributed by atoms with Gasteiger partial charge in [0, 0.05) is 0 Å². The summed E-state index contributed by atoms with van der Waals surface area (Å²) in [6, 6.07) is 0. The van der Waals surface area contributed by atoms with Gasteiger partial charge in [0.2, 0.25) is 0 Å². The second-order valence-corrected chi connectivity index (χ2v) is 1.52. The molecular weight excluding hydrogens is 206 g/mol. The molecule has 0 aliphatic rings. The van der Waals surface area contributed by atoms with E-state index in [4.69, 9.17) is 0 Å². The van der Waals surface area contributed by atoms with Crippen LogP contribution < -0.4 is 5.73 Å². The van der Waals surface area contributed by atoms with Gasteiger partial charge in [-0.25, -0.2) is 0 Å². The molecule has 2 nitrogen and oxygen atoms in total. The largest absolute Gasteiger partial charge is 2.00 e. The van der Waals surface area contributed by atoms with E-state index in [1.54, 1.807) is 4.90 Å². The molecule has 0 aliphatic carbocycles. The van der Waals surface area contributed by atoms with Crippen molar-refractivity contribution in [3.05, 3.63) is 0 Å². The zero-order valence-electron chi connectivity index (χ0n) is 5.55. The van der Waals surface area contributed by atoms with E-state index in [-0.39, 0.29) is 19.5 Å². The van der Waals surface area contributed by atoms with Gasteiger partial charge < -0.3 is 46.1 Å². The second kappa shape index (κ2) is 15.8. The van der Waals surface area contributed by atoms with Crippen molar-refractivity contribution in [3.8, 4) is 0 Å². The Morgan fingerprint density at radius 3 is 1.44 bits per heavy atom. The van der Waals surface area contributed by atoms with Gasteiger partial charge in [0.15, 0.2) is 0 Å². The molecule has 2 N–H and O–H groups in total. The summed E-state index contributed by atoms with van der Waals surface area (Å²) >= 11 is 8.27. The average molecular weight is 214 g/mol. The molecule has 5 heteroatoms. The van der Waals surface area contributed by atoms with Crippen LogP contribution in [0.1, 0.15) is 0 Å². The van der Waals surface area contributed by atoms with E-state index in [2.05, 4.69) is 35.7 Å². The average Bonchev–Trinajstić information content (AvgIpc) is 1.69. The van der Waals surface area contributed by atoms with Crippen LogP contribution in [0.4, 0.5) is 0 Å². The van der Waals surface area contributed by atoms with Crippen LogP contribution in [0.5, 0.6) is 0 Å². The Hall–Kier alpha value is 0.403. The molecule has 0 radical (unpaired) electrons. The molecule has 0 aromatic rings. The predicted molar refractivity (Wildman–Crippen MR) is 43.1 cm³/mol. The van der Waals surface area contributed by atoms with E-state index in [0.29, 0.717) is 0 Å². The van der Waals surface area contributed by atoms with Crippen LogP contribution in [-0.2, 0) is 19.5 Å². The maximum absolute atomic E-state index is 4.41. The summed E-state index contributed by atoms with van der Waals surface area (Å²) in [5, 5.41) is 0. The summed E-state index contributed by atoms with van der Waals surface area (Å²) < 4.78 is 0. The van der Waals surface area contributed by atoms with Gasteiger partial charge in [-0.05, 0) is 14.1 Å². The van der Waals surface area contributed by atoms with Crippen molar-refractivity contribution in [2.75, 3.05) is 14.1 Å². The predicted octanol–water partition coefficient (Wildman–Crippen LogP) is 0.159. The third-order valence-electron chi connectivity index (χ3n) is 0.183. The van der Waals surface area contributed by atoms with Gasteiger partial charge in [-0.3, -0.25) is 0 Å². The van der Waals surface area contributed by atoms with Crippen molar-refractivity contribution >= 4 is 35.4 Å². The molecule has 0 spiro atoms. The second-order valence-electron chi connectivity index (χ2n) is 1.10. The van der Waals surface area contributed by atoms with E-state index in [9.17, 15) is 0 Å². The summed E-state index contributed by atoms with van der Waals surface area (Å²) in [5.74, 6) is 0. The minimum atomic E-state index is 0. The van der Waals surface area contributed by atoms with Crippen molar-refractivity contribution in [3.63, 3.8) is 0 Å². The standard InChI is InChI=1S/C3H6NS.CH2NS.Zn/c1-4(2)3-5;2-1-3;/h1-2H3;(H2,2,3);/q2*-1;+2. The Balaban J connectivity index is -0.0000000800. The SMILES string of the molecule is CN(C)[C-]=S.N[C-]=S.[Zn+2]. The molecule has 0 bridgehead atoms. The fraction of sp³-hybridized carbons (Fsp3) is 0.500. The Labute approximate surface area is 79.5 Å². The molecule has 0 atom stereocenters. The van der Waals surface area contributed by atoms with Gasteiger partial charge in [-0.2, -0.15) is 0 Å². The molecular formula is C4H8N2S2Zn. The van der Waals surface area contributed by atoms with Gasteiger partial charge in [0.1, 0.15) is 0 Å². The van der Waals surface area contributed by atoms with E-state index in [1.807, 2.05) is 19.6 Å². The minimum Gasteiger partial charge on any atom is -0.570 e. The normalized spacial score (nSPS) is 5.11. The van der Waals surface area contributed by atoms with Crippen molar-refractivity contribution in [2.45, 2.75) is 0 Å². The maximum Gasteiger partial charge on any atom is 2.00 e.